The van der Waals surface area contributed by atoms with Crippen molar-refractivity contribution in [3.8, 4) is 5.75 Å². The van der Waals surface area contributed by atoms with Crippen LogP contribution in [0.25, 0.3) is 0 Å². The van der Waals surface area contributed by atoms with Gasteiger partial charge in [-0.05, 0) is 50.2 Å². The third kappa shape index (κ3) is 6.08. The Labute approximate surface area is 205 Å². The molecule has 35 heavy (non-hydrogen) atoms. The molecule has 1 fully saturated rings. The second-order valence-electron chi connectivity index (χ2n) is 8.15. The normalized spacial score (nSPS) is 13.4. The molecule has 0 saturated carbocycles. The van der Waals surface area contributed by atoms with Gasteiger partial charge in [0.1, 0.15) is 6.61 Å². The van der Waals surface area contributed by atoms with Gasteiger partial charge in [0, 0.05) is 63.0 Å². The first-order chi connectivity index (χ1) is 17.1. The molecule has 1 aromatic carbocycles. The van der Waals surface area contributed by atoms with Gasteiger partial charge in [-0.15, -0.1) is 0 Å². The summed E-state index contributed by atoms with van der Waals surface area (Å²) < 4.78 is 5.99. The Morgan fingerprint density at radius 2 is 1.86 bits per heavy atom. The van der Waals surface area contributed by atoms with E-state index in [9.17, 15) is 4.79 Å². The molecule has 2 amide bonds. The fourth-order valence-corrected chi connectivity index (χ4v) is 4.07. The van der Waals surface area contributed by atoms with Crippen LogP contribution in [0.5, 0.6) is 5.75 Å². The Balaban J connectivity index is 1.34. The van der Waals surface area contributed by atoms with Crippen LogP contribution in [-0.2, 0) is 6.61 Å². The number of aromatic nitrogens is 3. The topological polar surface area (TPSA) is 113 Å². The minimum absolute atomic E-state index is 0.0970. The number of rotatable bonds is 8. The first-order valence-electron chi connectivity index (χ1n) is 11.9. The van der Waals surface area contributed by atoms with Crippen LogP contribution >= 0.6 is 0 Å². The highest BCUT2D eigenvalue weighted by Gasteiger charge is 2.24. The average Bonchev–Trinajstić information content (AvgIpc) is 2.89. The third-order valence-corrected chi connectivity index (χ3v) is 5.95. The molecule has 184 valence electrons. The molecule has 0 bridgehead atoms. The van der Waals surface area contributed by atoms with Crippen LogP contribution in [0, 0.1) is 0 Å². The Hall–Kier alpha value is -4.08. The molecular formula is C25H32N8O2. The molecule has 0 atom stereocenters. The van der Waals surface area contributed by atoms with Crippen molar-refractivity contribution in [2.45, 2.75) is 20.5 Å². The van der Waals surface area contributed by atoms with Crippen molar-refractivity contribution in [2.75, 3.05) is 60.1 Å². The maximum absolute atomic E-state index is 12.9. The lowest BCUT2D eigenvalue weighted by molar-refractivity contribution is 0.208. The third-order valence-electron chi connectivity index (χ3n) is 5.95. The molecule has 1 aliphatic rings. The number of nitrogens with zero attached hydrogens (tertiary/aromatic N) is 6. The van der Waals surface area contributed by atoms with E-state index in [1.165, 1.54) is 0 Å². The summed E-state index contributed by atoms with van der Waals surface area (Å²) in [5, 5.41) is 3.04. The van der Waals surface area contributed by atoms with Crippen molar-refractivity contribution in [2.24, 2.45) is 0 Å². The molecule has 10 nitrogen and oxygen atoms in total. The summed E-state index contributed by atoms with van der Waals surface area (Å²) in [7, 11) is 0. The highest BCUT2D eigenvalue weighted by molar-refractivity contribution is 5.90. The number of hydrogen-bond acceptors (Lipinski definition) is 8. The van der Waals surface area contributed by atoms with Gasteiger partial charge in [0.2, 0.25) is 5.95 Å². The summed E-state index contributed by atoms with van der Waals surface area (Å²) in [5.74, 6) is 1.63. The van der Waals surface area contributed by atoms with Gasteiger partial charge in [0.15, 0.2) is 11.6 Å². The zero-order valence-electron chi connectivity index (χ0n) is 20.2. The number of nitrogens with one attached hydrogen (secondary N) is 1. The summed E-state index contributed by atoms with van der Waals surface area (Å²) in [6.45, 7) is 8.82. The lowest BCUT2D eigenvalue weighted by Gasteiger charge is -2.35. The highest BCUT2D eigenvalue weighted by atomic mass is 16.5. The SMILES string of the molecule is CCN(CC)c1cccc(NC(=O)N2CCN(c3ncccc3OCc3ccnc(N)n3)CC2)c1. The number of urea groups is 1. The summed E-state index contributed by atoms with van der Waals surface area (Å²) >= 11 is 0. The number of nitrogens with two attached hydrogens (primary N) is 1. The van der Waals surface area contributed by atoms with E-state index in [0.29, 0.717) is 37.6 Å². The first kappa shape index (κ1) is 24.1. The molecule has 0 radical (unpaired) electrons. The van der Waals surface area contributed by atoms with E-state index in [4.69, 9.17) is 10.5 Å². The zero-order chi connectivity index (χ0) is 24.6. The van der Waals surface area contributed by atoms with Crippen LogP contribution in [0.15, 0.2) is 54.9 Å². The lowest BCUT2D eigenvalue weighted by Crippen LogP contribution is -2.50. The highest BCUT2D eigenvalue weighted by Crippen LogP contribution is 2.27. The molecule has 3 aromatic rings. The van der Waals surface area contributed by atoms with Crippen molar-refractivity contribution >= 4 is 29.2 Å². The number of nitrogen functional groups attached to an aromatic ring is 1. The van der Waals surface area contributed by atoms with Crippen molar-refractivity contribution in [3.05, 3.63) is 60.6 Å². The first-order valence-corrected chi connectivity index (χ1v) is 11.9. The molecule has 1 aliphatic heterocycles. The van der Waals surface area contributed by atoms with Crippen LogP contribution in [-0.4, -0.2) is 65.2 Å². The number of amides is 2. The predicted octanol–water partition coefficient (Wildman–Crippen LogP) is 3.23. The van der Waals surface area contributed by atoms with Crippen molar-refractivity contribution in [1.82, 2.24) is 19.9 Å². The van der Waals surface area contributed by atoms with Crippen LogP contribution in [0.4, 0.5) is 27.9 Å². The van der Waals surface area contributed by atoms with Gasteiger partial charge < -0.3 is 30.5 Å². The van der Waals surface area contributed by atoms with Gasteiger partial charge in [-0.25, -0.2) is 19.7 Å². The summed E-state index contributed by atoms with van der Waals surface area (Å²) in [6.07, 6.45) is 3.35. The Bertz CT molecular complexity index is 1130. The fourth-order valence-electron chi connectivity index (χ4n) is 4.07. The van der Waals surface area contributed by atoms with Crippen molar-refractivity contribution in [3.63, 3.8) is 0 Å². The monoisotopic (exact) mass is 476 g/mol. The Morgan fingerprint density at radius 3 is 2.60 bits per heavy atom. The van der Waals surface area contributed by atoms with E-state index in [0.717, 1.165) is 30.3 Å². The van der Waals surface area contributed by atoms with E-state index in [1.54, 1.807) is 18.5 Å². The van der Waals surface area contributed by atoms with E-state index in [2.05, 4.69) is 50.0 Å². The predicted molar refractivity (Wildman–Crippen MR) is 138 cm³/mol. The minimum Gasteiger partial charge on any atom is -0.483 e. The van der Waals surface area contributed by atoms with Gasteiger partial charge in [-0.3, -0.25) is 0 Å². The number of carbonyl (C=O) groups excluding carboxylic acids is 1. The molecule has 2 aromatic heterocycles. The summed E-state index contributed by atoms with van der Waals surface area (Å²) in [4.78, 5) is 31.7. The summed E-state index contributed by atoms with van der Waals surface area (Å²) in [5.41, 5.74) is 8.25. The molecule has 0 aliphatic carbocycles. The largest absolute Gasteiger partial charge is 0.483 e. The van der Waals surface area contributed by atoms with E-state index >= 15 is 0 Å². The number of piperazine rings is 1. The van der Waals surface area contributed by atoms with E-state index < -0.39 is 0 Å². The van der Waals surface area contributed by atoms with Gasteiger partial charge in [0.25, 0.3) is 0 Å². The van der Waals surface area contributed by atoms with Crippen LogP contribution in [0.2, 0.25) is 0 Å². The number of ether oxygens (including phenoxy) is 1. The maximum atomic E-state index is 12.9. The van der Waals surface area contributed by atoms with Gasteiger partial charge in [0.05, 0.1) is 5.69 Å². The number of anilines is 4. The van der Waals surface area contributed by atoms with E-state index in [-0.39, 0.29) is 18.6 Å². The number of hydrogen-bond donors (Lipinski definition) is 2. The Morgan fingerprint density at radius 1 is 1.06 bits per heavy atom. The maximum Gasteiger partial charge on any atom is 0.321 e. The molecule has 4 rings (SSSR count). The lowest BCUT2D eigenvalue weighted by atomic mass is 10.2. The minimum atomic E-state index is -0.0970. The summed E-state index contributed by atoms with van der Waals surface area (Å²) in [6, 6.07) is 13.4. The van der Waals surface area contributed by atoms with Gasteiger partial charge in [-0.2, -0.15) is 0 Å². The standard InChI is InChI=1S/C25H32N8O2/c1-3-31(4-2)21-8-5-7-19(17-21)30-25(34)33-15-13-32(14-16-33)23-22(9-6-11-27-23)35-18-20-10-12-28-24(26)29-20/h5-12,17H,3-4,13-16,18H2,1-2H3,(H,30,34)(H2,26,28,29). The molecule has 0 spiro atoms. The van der Waals surface area contributed by atoms with Crippen LogP contribution in [0.3, 0.4) is 0 Å². The quantitative estimate of drug-likeness (QED) is 0.510. The van der Waals surface area contributed by atoms with E-state index in [1.807, 2.05) is 35.2 Å². The molecule has 10 heteroatoms. The molecule has 1 saturated heterocycles. The molecule has 3 heterocycles. The smallest absolute Gasteiger partial charge is 0.321 e. The number of benzene rings is 1. The average molecular weight is 477 g/mol. The van der Waals surface area contributed by atoms with Gasteiger partial charge in [-0.1, -0.05) is 6.07 Å². The fraction of sp³-hybridized carbons (Fsp3) is 0.360. The second kappa shape index (κ2) is 11.4. The molecule has 3 N–H and O–H groups in total. The van der Waals surface area contributed by atoms with Crippen molar-refractivity contribution in [1.29, 1.82) is 0 Å². The number of pyridine rings is 1. The van der Waals surface area contributed by atoms with Crippen LogP contribution in [0.1, 0.15) is 19.5 Å². The number of carbonyl (C=O) groups is 1. The zero-order valence-corrected chi connectivity index (χ0v) is 20.2. The van der Waals surface area contributed by atoms with Gasteiger partial charge >= 0.3 is 6.03 Å². The second-order valence-corrected chi connectivity index (χ2v) is 8.15. The Kier molecular flexibility index (Phi) is 7.81. The molecular weight excluding hydrogens is 444 g/mol. The van der Waals surface area contributed by atoms with Crippen LogP contribution < -0.4 is 25.6 Å². The molecule has 0 unspecified atom stereocenters. The van der Waals surface area contributed by atoms with Crippen molar-refractivity contribution < 1.29 is 9.53 Å².